The van der Waals surface area contributed by atoms with Crippen molar-refractivity contribution in [2.75, 3.05) is 7.11 Å². The molecule has 0 amide bonds. The molecule has 0 unspecified atom stereocenters. The number of allylic oxidation sites excluding steroid dienone is 1. The summed E-state index contributed by atoms with van der Waals surface area (Å²) in [6, 6.07) is 21.4. The number of methoxy groups -OCH3 is 1. The van der Waals surface area contributed by atoms with Crippen LogP contribution in [0.5, 0.6) is 5.75 Å². The lowest BCUT2D eigenvalue weighted by Gasteiger charge is -2.31. The van der Waals surface area contributed by atoms with Crippen molar-refractivity contribution in [1.82, 2.24) is 4.57 Å². The molecule has 3 aromatic carbocycles. The fraction of sp³-hybridized carbons (Fsp3) is 0.143. The summed E-state index contributed by atoms with van der Waals surface area (Å²) in [4.78, 5) is 19.6. The van der Waals surface area contributed by atoms with Crippen molar-refractivity contribution in [2.45, 2.75) is 18.9 Å². The second-order valence-electron chi connectivity index (χ2n) is 8.50. The molecule has 174 valence electrons. The van der Waals surface area contributed by atoms with Gasteiger partial charge in [0, 0.05) is 11.1 Å². The van der Waals surface area contributed by atoms with Gasteiger partial charge in [0.2, 0.25) is 0 Å². The van der Waals surface area contributed by atoms with Gasteiger partial charge >= 0.3 is 0 Å². The van der Waals surface area contributed by atoms with Crippen LogP contribution in [0.2, 0.25) is 10.0 Å². The average Bonchev–Trinajstić information content (AvgIpc) is 3.20. The van der Waals surface area contributed by atoms with Crippen molar-refractivity contribution in [3.05, 3.63) is 124 Å². The predicted molar refractivity (Wildman–Crippen MR) is 142 cm³/mol. The monoisotopic (exact) mass is 518 g/mol. The smallest absolute Gasteiger partial charge is 0.271 e. The van der Waals surface area contributed by atoms with Gasteiger partial charge in [-0.15, -0.1) is 0 Å². The SMILES string of the molecule is COc1ccccc1[C@@H]1C2=C(N=c3s/c(=C/c4cccc(Cl)c4Cl)c(=O)n31)c1ccccc1CC2. The molecule has 0 bridgehead atoms. The van der Waals surface area contributed by atoms with Crippen LogP contribution in [0.1, 0.15) is 34.7 Å². The number of para-hydroxylation sites is 1. The highest BCUT2D eigenvalue weighted by Crippen LogP contribution is 2.43. The zero-order valence-electron chi connectivity index (χ0n) is 18.8. The van der Waals surface area contributed by atoms with Gasteiger partial charge in [-0.05, 0) is 47.8 Å². The number of hydrogen-bond acceptors (Lipinski definition) is 4. The first kappa shape index (κ1) is 22.4. The Morgan fingerprint density at radius 2 is 1.83 bits per heavy atom. The van der Waals surface area contributed by atoms with Gasteiger partial charge in [-0.25, -0.2) is 4.99 Å². The zero-order valence-corrected chi connectivity index (χ0v) is 21.1. The van der Waals surface area contributed by atoms with Crippen molar-refractivity contribution in [2.24, 2.45) is 4.99 Å². The van der Waals surface area contributed by atoms with Crippen molar-refractivity contribution in [1.29, 1.82) is 0 Å². The highest BCUT2D eigenvalue weighted by Gasteiger charge is 2.33. The largest absolute Gasteiger partial charge is 0.496 e. The number of thiazole rings is 1. The molecule has 4 aromatic rings. The van der Waals surface area contributed by atoms with Crippen LogP contribution in [-0.2, 0) is 6.42 Å². The maximum absolute atomic E-state index is 13.9. The van der Waals surface area contributed by atoms with Gasteiger partial charge in [0.1, 0.15) is 5.75 Å². The van der Waals surface area contributed by atoms with Crippen molar-refractivity contribution in [3.8, 4) is 5.75 Å². The van der Waals surface area contributed by atoms with E-state index >= 15 is 0 Å². The number of aryl methyl sites for hydroxylation is 1. The zero-order chi connectivity index (χ0) is 24.1. The molecule has 0 radical (unpaired) electrons. The Labute approximate surface area is 216 Å². The quantitative estimate of drug-likeness (QED) is 0.352. The summed E-state index contributed by atoms with van der Waals surface area (Å²) in [6.07, 6.45) is 3.52. The van der Waals surface area contributed by atoms with Crippen molar-refractivity contribution in [3.63, 3.8) is 0 Å². The average molecular weight is 519 g/mol. The topological polar surface area (TPSA) is 43.6 Å². The number of halogens is 2. The van der Waals surface area contributed by atoms with Gasteiger partial charge < -0.3 is 4.74 Å². The van der Waals surface area contributed by atoms with Crippen LogP contribution >= 0.6 is 34.5 Å². The number of benzene rings is 3. The van der Waals surface area contributed by atoms with Crippen molar-refractivity contribution >= 4 is 46.3 Å². The van der Waals surface area contributed by atoms with Crippen LogP contribution in [0.3, 0.4) is 0 Å². The van der Waals surface area contributed by atoms with E-state index in [9.17, 15) is 4.79 Å². The molecule has 2 heterocycles. The van der Waals surface area contributed by atoms with Crippen LogP contribution in [0.4, 0.5) is 0 Å². The summed E-state index contributed by atoms with van der Waals surface area (Å²) in [7, 11) is 1.66. The molecule has 35 heavy (non-hydrogen) atoms. The molecule has 0 fully saturated rings. The van der Waals surface area contributed by atoms with E-state index in [4.69, 9.17) is 32.9 Å². The van der Waals surface area contributed by atoms with Crippen LogP contribution in [0.15, 0.2) is 82.1 Å². The van der Waals surface area contributed by atoms with E-state index in [1.165, 1.54) is 16.9 Å². The summed E-state index contributed by atoms with van der Waals surface area (Å²) in [5.41, 5.74) is 6.04. The van der Waals surface area contributed by atoms with Gasteiger partial charge in [0.15, 0.2) is 4.80 Å². The van der Waals surface area contributed by atoms with E-state index in [1.54, 1.807) is 23.8 Å². The van der Waals surface area contributed by atoms with Crippen LogP contribution in [-0.4, -0.2) is 11.7 Å². The minimum Gasteiger partial charge on any atom is -0.496 e. The first-order chi connectivity index (χ1) is 17.1. The second kappa shape index (κ2) is 8.83. The van der Waals surface area contributed by atoms with Crippen LogP contribution in [0.25, 0.3) is 11.8 Å². The normalized spacial score (nSPS) is 16.9. The predicted octanol–water partition coefficient (Wildman–Crippen LogP) is 5.63. The third-order valence-electron chi connectivity index (χ3n) is 6.57. The third kappa shape index (κ3) is 3.66. The fourth-order valence-corrected chi connectivity index (χ4v) is 6.32. The maximum atomic E-state index is 13.9. The number of hydrogen-bond donors (Lipinski definition) is 0. The molecule has 0 saturated carbocycles. The van der Waals surface area contributed by atoms with Gasteiger partial charge in [-0.3, -0.25) is 9.36 Å². The summed E-state index contributed by atoms with van der Waals surface area (Å²) >= 11 is 14.0. The van der Waals surface area contributed by atoms with Crippen LogP contribution in [0, 0.1) is 0 Å². The minimum absolute atomic E-state index is 0.105. The molecule has 1 atom stereocenters. The van der Waals surface area contributed by atoms with E-state index < -0.39 is 0 Å². The van der Waals surface area contributed by atoms with Crippen LogP contribution < -0.4 is 19.6 Å². The Hall–Kier alpha value is -3.12. The maximum Gasteiger partial charge on any atom is 0.271 e. The Bertz CT molecular complexity index is 1700. The molecule has 1 aromatic heterocycles. The second-order valence-corrected chi connectivity index (χ2v) is 10.3. The molecule has 1 aliphatic carbocycles. The number of fused-ring (bicyclic) bond motifs is 3. The lowest BCUT2D eigenvalue weighted by Crippen LogP contribution is -2.39. The van der Waals surface area contributed by atoms with Gasteiger partial charge in [-0.1, -0.05) is 89.1 Å². The molecule has 0 saturated heterocycles. The molecule has 0 N–H and O–H groups in total. The molecular formula is C28H20Cl2N2O2S. The molecule has 2 aliphatic rings. The Morgan fingerprint density at radius 1 is 1.03 bits per heavy atom. The van der Waals surface area contributed by atoms with E-state index in [-0.39, 0.29) is 11.6 Å². The number of ether oxygens (including phenoxy) is 1. The first-order valence-corrected chi connectivity index (χ1v) is 12.8. The Kier molecular flexibility index (Phi) is 5.64. The lowest BCUT2D eigenvalue weighted by molar-refractivity contribution is 0.402. The fourth-order valence-electron chi connectivity index (χ4n) is 4.96. The van der Waals surface area contributed by atoms with Crippen molar-refractivity contribution < 1.29 is 4.74 Å². The molecule has 1 aliphatic heterocycles. The summed E-state index contributed by atoms with van der Waals surface area (Å²) < 4.78 is 8.09. The summed E-state index contributed by atoms with van der Waals surface area (Å²) in [5.74, 6) is 0.748. The van der Waals surface area contributed by atoms with E-state index in [2.05, 4.69) is 18.2 Å². The highest BCUT2D eigenvalue weighted by molar-refractivity contribution is 7.07. The molecular weight excluding hydrogens is 499 g/mol. The molecule has 7 heteroatoms. The number of rotatable bonds is 3. The molecule has 4 nitrogen and oxygen atoms in total. The standard InChI is InChI=1S/C28H20Cl2N2O2S/c1-34-22-12-5-4-10-19(22)26-20-14-13-16-7-2-3-9-18(16)25(20)31-28-32(26)27(33)23(35-28)15-17-8-6-11-21(29)24(17)30/h2-12,15,26H,13-14H2,1H3/b23-15+/t26-/m1/s1. The third-order valence-corrected chi connectivity index (χ3v) is 8.39. The molecule has 6 rings (SSSR count). The first-order valence-electron chi connectivity index (χ1n) is 11.3. The minimum atomic E-state index is -0.303. The highest BCUT2D eigenvalue weighted by atomic mass is 35.5. The Balaban J connectivity index is 1.66. The van der Waals surface area contributed by atoms with Gasteiger partial charge in [-0.2, -0.15) is 0 Å². The van der Waals surface area contributed by atoms with E-state index in [0.29, 0.717) is 24.9 Å². The lowest BCUT2D eigenvalue weighted by atomic mass is 9.83. The van der Waals surface area contributed by atoms with E-state index in [0.717, 1.165) is 41.0 Å². The van der Waals surface area contributed by atoms with Gasteiger partial charge in [0.05, 0.1) is 33.4 Å². The number of nitrogens with zero attached hydrogens (tertiary/aromatic N) is 2. The summed E-state index contributed by atoms with van der Waals surface area (Å²) in [6.45, 7) is 0. The van der Waals surface area contributed by atoms with Gasteiger partial charge in [0.25, 0.3) is 5.56 Å². The summed E-state index contributed by atoms with van der Waals surface area (Å²) in [5, 5.41) is 0.877. The molecule has 0 spiro atoms. The van der Waals surface area contributed by atoms with E-state index in [1.807, 2.05) is 42.5 Å². The Morgan fingerprint density at radius 3 is 2.69 bits per heavy atom. The number of aromatic nitrogens is 1.